The van der Waals surface area contributed by atoms with Crippen LogP contribution >= 0.6 is 0 Å². The molecular formula is C11H21O. The molecule has 1 aliphatic rings. The van der Waals surface area contributed by atoms with Gasteiger partial charge in [0, 0.05) is 6.61 Å². The highest BCUT2D eigenvalue weighted by Crippen LogP contribution is 2.22. The van der Waals surface area contributed by atoms with Gasteiger partial charge in [0.05, 0.1) is 6.61 Å². The molecule has 0 atom stereocenters. The van der Waals surface area contributed by atoms with Crippen molar-refractivity contribution in [3.8, 4) is 0 Å². The van der Waals surface area contributed by atoms with Crippen molar-refractivity contribution >= 4 is 0 Å². The normalized spacial score (nSPS) is 21.8. The number of ether oxygens (including phenoxy) is 1. The van der Waals surface area contributed by atoms with Crippen molar-refractivity contribution in [1.29, 1.82) is 0 Å². The topological polar surface area (TPSA) is 9.23 Å². The van der Waals surface area contributed by atoms with Gasteiger partial charge in [-0.15, -0.1) is 0 Å². The van der Waals surface area contributed by atoms with Crippen LogP contribution in [0.15, 0.2) is 0 Å². The van der Waals surface area contributed by atoms with Crippen LogP contribution in [0, 0.1) is 12.5 Å². The maximum Gasteiger partial charge on any atom is 0.0806 e. The van der Waals surface area contributed by atoms with Crippen molar-refractivity contribution in [3.05, 3.63) is 6.61 Å². The molecule has 0 unspecified atom stereocenters. The Morgan fingerprint density at radius 1 is 1.08 bits per heavy atom. The fourth-order valence-corrected chi connectivity index (χ4v) is 1.94. The van der Waals surface area contributed by atoms with Crippen molar-refractivity contribution in [1.82, 2.24) is 0 Å². The minimum atomic E-state index is 0.835. The Kier molecular flexibility index (Phi) is 5.42. The molecule has 1 nitrogen and oxygen atoms in total. The predicted octanol–water partition coefficient (Wildman–Crippen LogP) is 3.55. The minimum absolute atomic E-state index is 0.835. The van der Waals surface area contributed by atoms with E-state index in [1.165, 1.54) is 44.9 Å². The Morgan fingerprint density at radius 2 is 1.67 bits per heavy atom. The molecule has 0 N–H and O–H groups in total. The first-order valence-corrected chi connectivity index (χ1v) is 5.33. The van der Waals surface area contributed by atoms with E-state index in [0.29, 0.717) is 0 Å². The molecule has 1 rings (SSSR count). The van der Waals surface area contributed by atoms with E-state index in [4.69, 9.17) is 4.74 Å². The van der Waals surface area contributed by atoms with Crippen LogP contribution in [0.3, 0.4) is 0 Å². The van der Waals surface area contributed by atoms with Crippen LogP contribution in [0.1, 0.15) is 51.9 Å². The molecule has 0 saturated heterocycles. The Hall–Kier alpha value is -0.0400. The molecule has 1 aliphatic carbocycles. The lowest BCUT2D eigenvalue weighted by molar-refractivity contribution is 0.142. The van der Waals surface area contributed by atoms with Crippen LogP contribution in [0.25, 0.3) is 0 Å². The van der Waals surface area contributed by atoms with Gasteiger partial charge in [-0.3, -0.25) is 0 Å². The van der Waals surface area contributed by atoms with Gasteiger partial charge < -0.3 is 4.74 Å². The summed E-state index contributed by atoms with van der Waals surface area (Å²) in [4.78, 5) is 0. The Balaban J connectivity index is 2.11. The molecule has 0 aromatic carbocycles. The third-order valence-corrected chi connectivity index (χ3v) is 2.72. The van der Waals surface area contributed by atoms with Gasteiger partial charge in [0.15, 0.2) is 0 Å². The average molecular weight is 169 g/mol. The molecule has 0 spiro atoms. The summed E-state index contributed by atoms with van der Waals surface area (Å²) in [5, 5.41) is 0. The Bertz CT molecular complexity index is 90.4. The zero-order valence-electron chi connectivity index (χ0n) is 8.22. The van der Waals surface area contributed by atoms with Crippen LogP contribution in [0.5, 0.6) is 0 Å². The Labute approximate surface area is 76.5 Å². The van der Waals surface area contributed by atoms with Gasteiger partial charge >= 0.3 is 0 Å². The Morgan fingerprint density at radius 3 is 2.25 bits per heavy atom. The number of rotatable bonds is 3. The van der Waals surface area contributed by atoms with Crippen molar-refractivity contribution in [2.45, 2.75) is 51.9 Å². The molecule has 0 amide bonds. The van der Waals surface area contributed by atoms with Gasteiger partial charge in [-0.2, -0.15) is 0 Å². The first kappa shape index (κ1) is 10.0. The molecule has 71 valence electrons. The van der Waals surface area contributed by atoms with E-state index in [0.717, 1.165) is 12.5 Å². The second-order valence-corrected chi connectivity index (χ2v) is 3.78. The summed E-state index contributed by atoms with van der Waals surface area (Å²) in [6.45, 7) is 4.73. The van der Waals surface area contributed by atoms with E-state index in [-0.39, 0.29) is 0 Å². The van der Waals surface area contributed by atoms with Crippen molar-refractivity contribution in [3.63, 3.8) is 0 Å². The molecule has 0 aliphatic heterocycles. The lowest BCUT2D eigenvalue weighted by Gasteiger charge is -2.18. The summed E-state index contributed by atoms with van der Waals surface area (Å²) in [5.41, 5.74) is 0. The van der Waals surface area contributed by atoms with Crippen LogP contribution in [0.4, 0.5) is 0 Å². The smallest absolute Gasteiger partial charge is 0.0806 e. The van der Waals surface area contributed by atoms with Gasteiger partial charge in [0.2, 0.25) is 0 Å². The van der Waals surface area contributed by atoms with Crippen molar-refractivity contribution < 1.29 is 4.74 Å². The fourth-order valence-electron chi connectivity index (χ4n) is 1.94. The zero-order valence-corrected chi connectivity index (χ0v) is 8.22. The molecule has 0 bridgehead atoms. The van der Waals surface area contributed by atoms with Gasteiger partial charge in [-0.1, -0.05) is 32.1 Å². The third kappa shape index (κ3) is 4.10. The van der Waals surface area contributed by atoms with E-state index < -0.39 is 0 Å². The lowest BCUT2D eigenvalue weighted by Crippen LogP contribution is -2.10. The molecule has 0 heterocycles. The summed E-state index contributed by atoms with van der Waals surface area (Å²) in [5.74, 6) is 0.835. The highest BCUT2D eigenvalue weighted by atomic mass is 16.5. The second kappa shape index (κ2) is 6.47. The first-order valence-electron chi connectivity index (χ1n) is 5.33. The van der Waals surface area contributed by atoms with Gasteiger partial charge in [-0.25, -0.2) is 0 Å². The van der Waals surface area contributed by atoms with Gasteiger partial charge in [0.1, 0.15) is 0 Å². The maximum atomic E-state index is 5.34. The van der Waals surface area contributed by atoms with Crippen molar-refractivity contribution in [2.24, 2.45) is 5.92 Å². The molecule has 1 saturated carbocycles. The van der Waals surface area contributed by atoms with E-state index in [1.54, 1.807) is 0 Å². The summed E-state index contributed by atoms with van der Waals surface area (Å²) in [6.07, 6.45) is 9.92. The highest BCUT2D eigenvalue weighted by molar-refractivity contribution is 4.63. The van der Waals surface area contributed by atoms with Crippen LogP contribution < -0.4 is 0 Å². The molecule has 0 aromatic rings. The average Bonchev–Trinajstić information content (AvgIpc) is 2.02. The summed E-state index contributed by atoms with van der Waals surface area (Å²) >= 11 is 0. The summed E-state index contributed by atoms with van der Waals surface area (Å²) in [7, 11) is 0. The van der Waals surface area contributed by atoms with Crippen LogP contribution in [0.2, 0.25) is 0 Å². The van der Waals surface area contributed by atoms with E-state index in [2.05, 4.69) is 0 Å². The molecule has 1 radical (unpaired) electrons. The monoisotopic (exact) mass is 169 g/mol. The van der Waals surface area contributed by atoms with E-state index in [9.17, 15) is 0 Å². The molecule has 0 aromatic heterocycles. The van der Waals surface area contributed by atoms with Crippen molar-refractivity contribution in [2.75, 3.05) is 6.61 Å². The molecule has 1 heteroatoms. The largest absolute Gasteiger partial charge is 0.376 e. The van der Waals surface area contributed by atoms with Gasteiger partial charge in [-0.05, 0) is 25.7 Å². The maximum absolute atomic E-state index is 5.34. The minimum Gasteiger partial charge on any atom is -0.376 e. The van der Waals surface area contributed by atoms with E-state index in [1.807, 2.05) is 13.5 Å². The molecule has 1 fully saturated rings. The molecular weight excluding hydrogens is 148 g/mol. The SMILES string of the molecule is C[CH]OCC1CCCCCCC1. The van der Waals surface area contributed by atoms with Gasteiger partial charge in [0.25, 0.3) is 0 Å². The standard InChI is InChI=1S/C11H21O/c1-2-12-10-11-8-6-4-3-5-7-9-11/h2,11H,3-10H2,1H3. The third-order valence-electron chi connectivity index (χ3n) is 2.72. The van der Waals surface area contributed by atoms with Crippen LogP contribution in [-0.4, -0.2) is 6.61 Å². The first-order chi connectivity index (χ1) is 5.93. The molecule has 12 heavy (non-hydrogen) atoms. The lowest BCUT2D eigenvalue weighted by atomic mass is 9.92. The quantitative estimate of drug-likeness (QED) is 0.628. The second-order valence-electron chi connectivity index (χ2n) is 3.78. The van der Waals surface area contributed by atoms with Crippen LogP contribution in [-0.2, 0) is 4.74 Å². The number of hydrogen-bond acceptors (Lipinski definition) is 1. The zero-order chi connectivity index (χ0) is 8.65. The highest BCUT2D eigenvalue weighted by Gasteiger charge is 2.10. The van der Waals surface area contributed by atoms with E-state index >= 15 is 0 Å². The summed E-state index contributed by atoms with van der Waals surface area (Å²) in [6, 6.07) is 0. The summed E-state index contributed by atoms with van der Waals surface area (Å²) < 4.78 is 5.34. The fraction of sp³-hybridized carbons (Fsp3) is 0.909. The predicted molar refractivity (Wildman–Crippen MR) is 51.7 cm³/mol. The number of hydrogen-bond donors (Lipinski definition) is 0.